The van der Waals surface area contributed by atoms with Gasteiger partial charge in [0.15, 0.2) is 11.6 Å². The van der Waals surface area contributed by atoms with Gasteiger partial charge < -0.3 is 24.4 Å². The molecule has 3 atom stereocenters. The number of aliphatic hydroxyl groups excluding tert-OH is 1. The second-order valence-electron chi connectivity index (χ2n) is 11.7. The van der Waals surface area contributed by atoms with Crippen molar-refractivity contribution in [2.75, 3.05) is 74.5 Å². The summed E-state index contributed by atoms with van der Waals surface area (Å²) >= 11 is 1.61. The molecule has 240 valence electrons. The van der Waals surface area contributed by atoms with Gasteiger partial charge in [0.2, 0.25) is 0 Å². The number of hydrogen-bond donors (Lipinski definition) is 1. The molecule has 0 saturated carbocycles. The highest BCUT2D eigenvalue weighted by atomic mass is 33.1. The molecule has 9 nitrogen and oxygen atoms in total. The molecule has 2 fully saturated rings. The van der Waals surface area contributed by atoms with Crippen molar-refractivity contribution in [1.82, 2.24) is 9.80 Å². The van der Waals surface area contributed by atoms with Crippen molar-refractivity contribution in [3.63, 3.8) is 0 Å². The molecule has 0 spiro atoms. The largest absolute Gasteiger partial charge is 0.448 e. The predicted molar refractivity (Wildman–Crippen MR) is 183 cm³/mol. The first kappa shape index (κ1) is 32.1. The van der Waals surface area contributed by atoms with Crippen LogP contribution < -0.4 is 19.4 Å². The van der Waals surface area contributed by atoms with Crippen LogP contribution in [0.15, 0.2) is 64.4 Å². The Morgan fingerprint density at radius 2 is 1.56 bits per heavy atom. The molecular weight excluding hydrogens is 634 g/mol. The Morgan fingerprint density at radius 3 is 2.16 bits per heavy atom. The molecule has 3 aliphatic heterocycles. The molecule has 6 rings (SSSR count). The van der Waals surface area contributed by atoms with Crippen LogP contribution >= 0.6 is 33.3 Å². The average molecular weight is 672 g/mol. The quantitative estimate of drug-likeness (QED) is 0.240. The van der Waals surface area contributed by atoms with Crippen LogP contribution in [0.1, 0.15) is 5.56 Å². The summed E-state index contributed by atoms with van der Waals surface area (Å²) in [6.45, 7) is 1.31. The third-order valence-electron chi connectivity index (χ3n) is 8.39. The van der Waals surface area contributed by atoms with E-state index in [1.54, 1.807) is 33.5 Å². The van der Waals surface area contributed by atoms with E-state index in [2.05, 4.69) is 24.1 Å². The van der Waals surface area contributed by atoms with Crippen molar-refractivity contribution in [2.24, 2.45) is 0 Å². The Kier molecular flexibility index (Phi) is 9.65. The van der Waals surface area contributed by atoms with E-state index >= 15 is 4.39 Å². The fourth-order valence-corrected chi connectivity index (χ4v) is 9.63. The van der Waals surface area contributed by atoms with E-state index < -0.39 is 18.3 Å². The molecule has 0 aliphatic carbocycles. The molecule has 13 heteroatoms. The van der Waals surface area contributed by atoms with Crippen molar-refractivity contribution in [3.05, 3.63) is 66.0 Å². The lowest BCUT2D eigenvalue weighted by Crippen LogP contribution is -2.64. The maximum atomic E-state index is 15.2. The number of halogens is 1. The van der Waals surface area contributed by atoms with Crippen LogP contribution in [0.2, 0.25) is 0 Å². The fourth-order valence-electron chi connectivity index (χ4n) is 5.74. The zero-order valence-electron chi connectivity index (χ0n) is 26.0. The van der Waals surface area contributed by atoms with Crippen molar-refractivity contribution in [1.29, 1.82) is 0 Å². The molecular formula is C32H38FN5O4S3. The number of piperazine rings is 1. The van der Waals surface area contributed by atoms with Crippen LogP contribution in [0.4, 0.5) is 31.9 Å². The smallest absolute Gasteiger partial charge is 0.419 e. The zero-order chi connectivity index (χ0) is 31.8. The van der Waals surface area contributed by atoms with Crippen LogP contribution in [0, 0.1) is 5.82 Å². The number of carbonyl (C=O) groups excluding carboxylic acids is 1. The standard InChI is InChI=1S/C32H38FN5O4S3/c1-34(2)21-7-9-24-29(15-21)45-30-16-22(35(3)4)8-10-25(30)38(24)32(40)41-17-20-6-11-28(23(33)14-20)42-31(39)37-13-12-36(5)26-18-43-44-19-27(26)37/h6-11,14-16,26-27,31,39H,12-13,17-19H2,1-5H3/t26-,27+,31?/m1/s1. The van der Waals surface area contributed by atoms with Crippen molar-refractivity contribution >= 4 is 62.2 Å². The number of amides is 1. The van der Waals surface area contributed by atoms with Gasteiger partial charge in [-0.15, -0.1) is 0 Å². The number of fused-ring (bicyclic) bond motifs is 3. The lowest BCUT2D eigenvalue weighted by Gasteiger charge is -2.48. The minimum atomic E-state index is -1.26. The van der Waals surface area contributed by atoms with E-state index in [1.807, 2.05) is 77.9 Å². The lowest BCUT2D eigenvalue weighted by molar-refractivity contribution is -0.170. The molecule has 1 amide bonds. The molecule has 1 N–H and O–H groups in total. The van der Waals surface area contributed by atoms with Crippen molar-refractivity contribution in [3.8, 4) is 5.75 Å². The molecule has 3 aliphatic rings. The topological polar surface area (TPSA) is 72.0 Å². The second-order valence-corrected chi connectivity index (χ2v) is 15.4. The van der Waals surface area contributed by atoms with Gasteiger partial charge in [0, 0.05) is 86.0 Å². The molecule has 0 radical (unpaired) electrons. The Labute approximate surface area is 276 Å². The molecule has 45 heavy (non-hydrogen) atoms. The first-order chi connectivity index (χ1) is 21.6. The highest BCUT2D eigenvalue weighted by molar-refractivity contribution is 8.76. The minimum absolute atomic E-state index is 0.0461. The van der Waals surface area contributed by atoms with Gasteiger partial charge in [-0.1, -0.05) is 39.4 Å². The highest BCUT2D eigenvalue weighted by Gasteiger charge is 2.40. The number of carbonyl (C=O) groups is 1. The first-order valence-corrected chi connectivity index (χ1v) is 18.0. The Balaban J connectivity index is 1.16. The van der Waals surface area contributed by atoms with E-state index in [9.17, 15) is 9.90 Å². The van der Waals surface area contributed by atoms with Crippen LogP contribution in [-0.4, -0.2) is 99.3 Å². The van der Waals surface area contributed by atoms with Gasteiger partial charge in [-0.05, 0) is 61.1 Å². The minimum Gasteiger partial charge on any atom is -0.448 e. The molecule has 2 saturated heterocycles. The Hall–Kier alpha value is -2.81. The number of benzene rings is 3. The van der Waals surface area contributed by atoms with Gasteiger partial charge in [-0.2, -0.15) is 0 Å². The number of anilines is 4. The van der Waals surface area contributed by atoms with E-state index in [4.69, 9.17) is 9.47 Å². The average Bonchev–Trinajstić information content (AvgIpc) is 3.03. The van der Waals surface area contributed by atoms with Crippen LogP contribution in [-0.2, 0) is 11.3 Å². The number of ether oxygens (including phenoxy) is 2. The van der Waals surface area contributed by atoms with Gasteiger partial charge in [-0.25, -0.2) is 19.0 Å². The summed E-state index contributed by atoms with van der Waals surface area (Å²) in [5, 5.41) is 10.9. The molecule has 0 bridgehead atoms. The maximum absolute atomic E-state index is 15.2. The summed E-state index contributed by atoms with van der Waals surface area (Å²) in [7, 11) is 13.6. The van der Waals surface area contributed by atoms with E-state index in [-0.39, 0.29) is 18.4 Å². The van der Waals surface area contributed by atoms with Crippen LogP contribution in [0.3, 0.4) is 0 Å². The maximum Gasteiger partial charge on any atom is 0.419 e. The number of hydrogen-bond acceptors (Lipinski definition) is 11. The summed E-state index contributed by atoms with van der Waals surface area (Å²) in [6, 6.07) is 16.8. The summed E-state index contributed by atoms with van der Waals surface area (Å²) < 4.78 is 26.7. The van der Waals surface area contributed by atoms with E-state index in [0.29, 0.717) is 18.2 Å². The Bertz CT molecular complexity index is 1510. The summed E-state index contributed by atoms with van der Waals surface area (Å²) in [4.78, 5) is 25.4. The highest BCUT2D eigenvalue weighted by Crippen LogP contribution is 2.50. The normalized spacial score (nSPS) is 20.5. The SMILES string of the molecule is CN(C)c1ccc2c(c1)Sc1cc(N(C)C)ccc1N2C(=O)OCc1ccc(OC(O)N2CCN(C)[C@@H]3CSSC[C@@H]32)c(F)c1. The first-order valence-electron chi connectivity index (χ1n) is 14.7. The van der Waals surface area contributed by atoms with Crippen LogP contribution in [0.25, 0.3) is 0 Å². The van der Waals surface area contributed by atoms with Crippen molar-refractivity contribution in [2.45, 2.75) is 34.9 Å². The molecule has 3 heterocycles. The number of rotatable bonds is 7. The lowest BCUT2D eigenvalue weighted by atomic mass is 10.1. The third kappa shape index (κ3) is 6.70. The monoisotopic (exact) mass is 671 g/mol. The number of nitrogens with zero attached hydrogens (tertiary/aromatic N) is 5. The predicted octanol–water partition coefficient (Wildman–Crippen LogP) is 5.93. The molecule has 3 aromatic rings. The van der Waals surface area contributed by atoms with E-state index in [0.717, 1.165) is 50.6 Å². The number of likely N-dealkylation sites (N-methyl/N-ethyl adjacent to an activating group) is 1. The summed E-state index contributed by atoms with van der Waals surface area (Å²) in [6.07, 6.45) is -1.82. The van der Waals surface area contributed by atoms with Gasteiger partial charge >= 0.3 is 6.09 Å². The van der Waals surface area contributed by atoms with E-state index in [1.165, 1.54) is 12.1 Å². The third-order valence-corrected chi connectivity index (χ3v) is 11.9. The van der Waals surface area contributed by atoms with Crippen molar-refractivity contribution < 1.29 is 23.8 Å². The molecule has 1 unspecified atom stereocenters. The molecule has 3 aromatic carbocycles. The second kappa shape index (κ2) is 13.5. The van der Waals surface area contributed by atoms with Gasteiger partial charge in [-0.3, -0.25) is 4.90 Å². The van der Waals surface area contributed by atoms with Crippen LogP contribution in [0.5, 0.6) is 5.75 Å². The zero-order valence-corrected chi connectivity index (χ0v) is 28.4. The van der Waals surface area contributed by atoms with Gasteiger partial charge in [0.05, 0.1) is 11.4 Å². The summed E-state index contributed by atoms with van der Waals surface area (Å²) in [5.74, 6) is 1.17. The Morgan fingerprint density at radius 1 is 0.933 bits per heavy atom. The fraction of sp³-hybridized carbons (Fsp3) is 0.406. The number of aliphatic hydroxyl groups is 1. The van der Waals surface area contributed by atoms with Gasteiger partial charge in [0.1, 0.15) is 6.61 Å². The molecule has 0 aromatic heterocycles. The van der Waals surface area contributed by atoms with Gasteiger partial charge in [0.25, 0.3) is 6.41 Å². The summed E-state index contributed by atoms with van der Waals surface area (Å²) in [5.41, 5.74) is 3.97.